The fraction of sp³-hybridized carbons (Fsp3) is 0.571. The van der Waals surface area contributed by atoms with Crippen LogP contribution in [0.25, 0.3) is 0 Å². The molecule has 3 aliphatic heterocycles. The molecule has 1 amide bonds. The molecular formula is C14H19N3OS2. The van der Waals surface area contributed by atoms with Crippen LogP contribution in [-0.2, 0) is 0 Å². The van der Waals surface area contributed by atoms with E-state index < -0.39 is 0 Å². The quantitative estimate of drug-likeness (QED) is 0.589. The van der Waals surface area contributed by atoms with Crippen molar-refractivity contribution in [2.45, 2.75) is 18.9 Å². The number of amides is 1. The van der Waals surface area contributed by atoms with Gasteiger partial charge in [0.1, 0.15) is 0 Å². The molecule has 2 bridgehead atoms. The number of thioether (sulfide) groups is 1. The van der Waals surface area contributed by atoms with Gasteiger partial charge < -0.3 is 9.80 Å². The van der Waals surface area contributed by atoms with Gasteiger partial charge in [0.15, 0.2) is 5.17 Å². The number of carbonyl (C=O) groups excluding carboxylic acids is 1. The van der Waals surface area contributed by atoms with Gasteiger partial charge in [-0.15, -0.1) is 11.3 Å². The molecule has 1 aromatic rings. The highest BCUT2D eigenvalue weighted by atomic mass is 32.2. The maximum absolute atomic E-state index is 12.2. The highest BCUT2D eigenvalue weighted by Gasteiger charge is 2.31. The van der Waals surface area contributed by atoms with Gasteiger partial charge in [0, 0.05) is 32.2 Å². The molecule has 0 saturated carbocycles. The Morgan fingerprint density at radius 3 is 2.80 bits per heavy atom. The Kier molecular flexibility index (Phi) is 4.43. The van der Waals surface area contributed by atoms with Crippen molar-refractivity contribution < 1.29 is 4.79 Å². The third-order valence-corrected chi connectivity index (χ3v) is 5.56. The minimum Gasteiger partial charge on any atom is -0.347 e. The van der Waals surface area contributed by atoms with E-state index in [1.807, 2.05) is 23.8 Å². The summed E-state index contributed by atoms with van der Waals surface area (Å²) in [6.45, 7) is 4.44. The fourth-order valence-corrected chi connectivity index (χ4v) is 4.16. The van der Waals surface area contributed by atoms with Crippen LogP contribution in [0.15, 0.2) is 22.5 Å². The standard InChI is InChI=1S/C14H19N3OS2/c1-19-14(15-13(18)12-3-2-10-20-12)17-9-8-16-6-4-11(17)5-7-16/h2-3,10-11H,4-9H2,1H3. The van der Waals surface area contributed by atoms with Crippen molar-refractivity contribution in [2.75, 3.05) is 32.4 Å². The first kappa shape index (κ1) is 14.1. The van der Waals surface area contributed by atoms with Crippen molar-refractivity contribution in [1.29, 1.82) is 0 Å². The van der Waals surface area contributed by atoms with E-state index in [-0.39, 0.29) is 5.91 Å². The van der Waals surface area contributed by atoms with Crippen LogP contribution in [0.3, 0.4) is 0 Å². The average molecular weight is 309 g/mol. The van der Waals surface area contributed by atoms with E-state index in [4.69, 9.17) is 0 Å². The third-order valence-electron chi connectivity index (χ3n) is 4.01. The van der Waals surface area contributed by atoms with Crippen molar-refractivity contribution >= 4 is 34.2 Å². The van der Waals surface area contributed by atoms with E-state index >= 15 is 0 Å². The number of hydrogen-bond donors (Lipinski definition) is 0. The van der Waals surface area contributed by atoms with Crippen LogP contribution in [0, 0.1) is 0 Å². The predicted molar refractivity (Wildman–Crippen MR) is 85.8 cm³/mol. The van der Waals surface area contributed by atoms with Gasteiger partial charge in [0.25, 0.3) is 5.91 Å². The minimum atomic E-state index is -0.108. The van der Waals surface area contributed by atoms with Crippen molar-refractivity contribution in [3.05, 3.63) is 22.4 Å². The Bertz CT molecular complexity index is 493. The summed E-state index contributed by atoms with van der Waals surface area (Å²) >= 11 is 3.05. The van der Waals surface area contributed by atoms with Crippen LogP contribution in [0.4, 0.5) is 0 Å². The molecule has 3 fully saturated rings. The molecule has 108 valence electrons. The van der Waals surface area contributed by atoms with Gasteiger partial charge in [-0.25, -0.2) is 0 Å². The summed E-state index contributed by atoms with van der Waals surface area (Å²) in [6.07, 6.45) is 4.39. The zero-order chi connectivity index (χ0) is 13.9. The number of carbonyl (C=O) groups is 1. The summed E-state index contributed by atoms with van der Waals surface area (Å²) in [6, 6.07) is 4.29. The molecule has 6 heteroatoms. The monoisotopic (exact) mass is 309 g/mol. The summed E-state index contributed by atoms with van der Waals surface area (Å²) in [5, 5.41) is 2.81. The molecule has 4 nitrogen and oxygen atoms in total. The number of thiophene rings is 1. The SMILES string of the molecule is CSC(=NC(=O)c1cccs1)N1CCN2CCC1CC2. The molecule has 0 atom stereocenters. The van der Waals surface area contributed by atoms with Gasteiger partial charge >= 0.3 is 0 Å². The zero-order valence-electron chi connectivity index (χ0n) is 11.6. The van der Waals surface area contributed by atoms with E-state index in [0.717, 1.165) is 23.1 Å². The Hall–Kier alpha value is -0.850. The molecule has 1 aromatic heterocycles. The van der Waals surface area contributed by atoms with Crippen LogP contribution < -0.4 is 0 Å². The molecule has 3 saturated heterocycles. The average Bonchev–Trinajstić information content (AvgIpc) is 2.87. The lowest BCUT2D eigenvalue weighted by Crippen LogP contribution is -2.40. The first-order chi connectivity index (χ1) is 9.78. The summed E-state index contributed by atoms with van der Waals surface area (Å²) in [7, 11) is 0. The lowest BCUT2D eigenvalue weighted by molar-refractivity contribution is 0.100. The fourth-order valence-electron chi connectivity index (χ4n) is 2.91. The summed E-state index contributed by atoms with van der Waals surface area (Å²) in [4.78, 5) is 22.1. The van der Waals surface area contributed by atoms with E-state index in [1.165, 1.54) is 37.3 Å². The van der Waals surface area contributed by atoms with E-state index in [9.17, 15) is 4.79 Å². The summed E-state index contributed by atoms with van der Waals surface area (Å²) in [5.41, 5.74) is 0. The zero-order valence-corrected chi connectivity index (χ0v) is 13.3. The molecule has 0 unspecified atom stereocenters. The largest absolute Gasteiger partial charge is 0.347 e. The highest BCUT2D eigenvalue weighted by Crippen LogP contribution is 2.24. The highest BCUT2D eigenvalue weighted by molar-refractivity contribution is 8.13. The van der Waals surface area contributed by atoms with Gasteiger partial charge in [0.05, 0.1) is 4.88 Å². The Balaban J connectivity index is 1.80. The van der Waals surface area contributed by atoms with Gasteiger partial charge in [0.2, 0.25) is 0 Å². The molecule has 0 N–H and O–H groups in total. The van der Waals surface area contributed by atoms with Crippen LogP contribution in [-0.4, -0.2) is 59.4 Å². The number of rotatable bonds is 1. The number of aliphatic imine (C=N–C) groups is 1. The van der Waals surface area contributed by atoms with Crippen molar-refractivity contribution in [3.63, 3.8) is 0 Å². The summed E-state index contributed by atoms with van der Waals surface area (Å²) < 4.78 is 0. The van der Waals surface area contributed by atoms with E-state index in [2.05, 4.69) is 14.8 Å². The summed E-state index contributed by atoms with van der Waals surface area (Å²) in [5.74, 6) is -0.108. The smallest absolute Gasteiger partial charge is 0.289 e. The number of fused-ring (bicyclic) bond motifs is 4. The lowest BCUT2D eigenvalue weighted by atomic mass is 10.1. The van der Waals surface area contributed by atoms with Gasteiger partial charge in [-0.05, 0) is 30.5 Å². The lowest BCUT2D eigenvalue weighted by Gasteiger charge is -2.32. The van der Waals surface area contributed by atoms with Gasteiger partial charge in [-0.2, -0.15) is 4.99 Å². The molecule has 4 rings (SSSR count). The maximum atomic E-state index is 12.2. The molecule has 0 aromatic carbocycles. The van der Waals surface area contributed by atoms with Gasteiger partial charge in [-0.3, -0.25) is 4.79 Å². The Morgan fingerprint density at radius 1 is 1.35 bits per heavy atom. The predicted octanol–water partition coefficient (Wildman–Crippen LogP) is 2.39. The van der Waals surface area contributed by atoms with Crippen molar-refractivity contribution in [3.8, 4) is 0 Å². The second-order valence-corrected chi connectivity index (χ2v) is 6.87. The molecule has 3 aliphatic rings. The normalized spacial score (nSPS) is 26.6. The second kappa shape index (κ2) is 6.28. The van der Waals surface area contributed by atoms with E-state index in [0.29, 0.717) is 6.04 Å². The first-order valence-corrected chi connectivity index (χ1v) is 9.08. The van der Waals surface area contributed by atoms with Crippen LogP contribution in [0.1, 0.15) is 22.5 Å². The molecule has 0 spiro atoms. The van der Waals surface area contributed by atoms with Crippen LogP contribution in [0.5, 0.6) is 0 Å². The van der Waals surface area contributed by atoms with Crippen molar-refractivity contribution in [1.82, 2.24) is 9.80 Å². The van der Waals surface area contributed by atoms with Crippen LogP contribution >= 0.6 is 23.1 Å². The minimum absolute atomic E-state index is 0.108. The third kappa shape index (κ3) is 2.92. The Morgan fingerprint density at radius 2 is 2.15 bits per heavy atom. The van der Waals surface area contributed by atoms with E-state index in [1.54, 1.807) is 11.8 Å². The second-order valence-electron chi connectivity index (χ2n) is 5.15. The number of nitrogens with zero attached hydrogens (tertiary/aromatic N) is 3. The maximum Gasteiger partial charge on any atom is 0.289 e. The Labute approximate surface area is 127 Å². The molecule has 0 radical (unpaired) electrons. The van der Waals surface area contributed by atoms with Crippen LogP contribution in [0.2, 0.25) is 0 Å². The van der Waals surface area contributed by atoms with Crippen molar-refractivity contribution in [2.24, 2.45) is 4.99 Å². The number of hydrogen-bond acceptors (Lipinski definition) is 4. The first-order valence-electron chi connectivity index (χ1n) is 6.97. The molecule has 4 heterocycles. The molecular weight excluding hydrogens is 290 g/mol. The number of piperidine rings is 1. The molecule has 0 aliphatic carbocycles. The number of amidine groups is 1. The topological polar surface area (TPSA) is 35.9 Å². The molecule has 20 heavy (non-hydrogen) atoms. The van der Waals surface area contributed by atoms with Gasteiger partial charge in [-0.1, -0.05) is 17.8 Å².